The third-order valence-electron chi connectivity index (χ3n) is 7.00. The smallest absolute Gasteiger partial charge is 0.306 e. The molecule has 2 N–H and O–H groups in total. The summed E-state index contributed by atoms with van der Waals surface area (Å²) in [4.78, 5) is 24.9. The SMILES string of the molecule is Cc1ccc(NC(=O)c2nnc(COC(=O)CC34CC5CC(CC(O)(C5)C3)C4)s2)cc1. The Morgan fingerprint density at radius 3 is 2.55 bits per heavy atom. The van der Waals surface area contributed by atoms with Crippen LogP contribution in [0.3, 0.4) is 0 Å². The normalized spacial score (nSPS) is 30.9. The summed E-state index contributed by atoms with van der Waals surface area (Å²) in [5.41, 5.74) is 1.11. The Morgan fingerprint density at radius 1 is 1.16 bits per heavy atom. The molecule has 164 valence electrons. The number of aryl methyl sites for hydroxylation is 1. The first kappa shape index (κ1) is 20.6. The Morgan fingerprint density at radius 2 is 1.87 bits per heavy atom. The molecule has 4 aliphatic carbocycles. The number of esters is 1. The van der Waals surface area contributed by atoms with E-state index in [1.807, 2.05) is 31.2 Å². The van der Waals surface area contributed by atoms with E-state index in [2.05, 4.69) is 15.5 Å². The highest BCUT2D eigenvalue weighted by atomic mass is 32.1. The van der Waals surface area contributed by atoms with Crippen LogP contribution in [0.4, 0.5) is 5.69 Å². The Hall–Kier alpha value is -2.32. The quantitative estimate of drug-likeness (QED) is 0.660. The Balaban J connectivity index is 1.15. The number of nitrogens with zero attached hydrogens (tertiary/aromatic N) is 2. The summed E-state index contributed by atoms with van der Waals surface area (Å²) >= 11 is 1.12. The lowest BCUT2D eigenvalue weighted by atomic mass is 9.47. The van der Waals surface area contributed by atoms with E-state index in [0.717, 1.165) is 42.6 Å². The molecule has 2 unspecified atom stereocenters. The summed E-state index contributed by atoms with van der Waals surface area (Å²) in [5.74, 6) is 0.487. The van der Waals surface area contributed by atoms with E-state index in [4.69, 9.17) is 4.74 Å². The zero-order chi connectivity index (χ0) is 21.6. The lowest BCUT2D eigenvalue weighted by Gasteiger charge is -2.60. The molecule has 8 heteroatoms. The van der Waals surface area contributed by atoms with Crippen LogP contribution in [0.1, 0.15) is 65.3 Å². The van der Waals surface area contributed by atoms with E-state index in [1.165, 1.54) is 6.42 Å². The molecule has 6 rings (SSSR count). The number of aliphatic hydroxyl groups is 1. The molecular weight excluding hydrogens is 414 g/mol. The molecule has 31 heavy (non-hydrogen) atoms. The van der Waals surface area contributed by atoms with Crippen LogP contribution in [0.25, 0.3) is 0 Å². The summed E-state index contributed by atoms with van der Waals surface area (Å²) in [6.45, 7) is 2.00. The Bertz CT molecular complexity index is 989. The van der Waals surface area contributed by atoms with Gasteiger partial charge in [-0.25, -0.2) is 0 Å². The van der Waals surface area contributed by atoms with Crippen molar-refractivity contribution in [3.63, 3.8) is 0 Å². The minimum atomic E-state index is -0.580. The van der Waals surface area contributed by atoms with Crippen LogP contribution in [-0.2, 0) is 16.1 Å². The molecule has 2 aromatic rings. The number of aromatic nitrogens is 2. The van der Waals surface area contributed by atoms with Crippen molar-refractivity contribution in [2.75, 3.05) is 5.32 Å². The van der Waals surface area contributed by atoms with E-state index in [-0.39, 0.29) is 28.9 Å². The van der Waals surface area contributed by atoms with Gasteiger partial charge in [-0.1, -0.05) is 29.0 Å². The third-order valence-corrected chi connectivity index (χ3v) is 7.89. The van der Waals surface area contributed by atoms with Gasteiger partial charge >= 0.3 is 5.97 Å². The topological polar surface area (TPSA) is 101 Å². The molecule has 1 amide bonds. The van der Waals surface area contributed by atoms with Crippen LogP contribution in [0.2, 0.25) is 0 Å². The maximum Gasteiger partial charge on any atom is 0.306 e. The molecule has 0 spiro atoms. The molecule has 0 radical (unpaired) electrons. The summed E-state index contributed by atoms with van der Waals surface area (Å²) in [5, 5.41) is 22.3. The standard InChI is InChI=1S/C23H27N3O4S/c1-14-2-4-17(5-3-14)24-20(28)21-26-25-18(31-21)12-30-19(27)11-22-7-15-6-16(8-22)10-23(29,9-15)13-22/h2-5,15-16,29H,6-13H2,1H3,(H,24,28). The molecule has 7 nitrogen and oxygen atoms in total. The number of carbonyl (C=O) groups excluding carboxylic acids is 2. The van der Waals surface area contributed by atoms with E-state index in [1.54, 1.807) is 0 Å². The van der Waals surface area contributed by atoms with Crippen molar-refractivity contribution in [2.24, 2.45) is 17.3 Å². The van der Waals surface area contributed by atoms with Crippen LogP contribution < -0.4 is 5.32 Å². The minimum absolute atomic E-state index is 0.0154. The first-order valence-electron chi connectivity index (χ1n) is 10.9. The van der Waals surface area contributed by atoms with Crippen LogP contribution in [0.5, 0.6) is 0 Å². The second kappa shape index (κ2) is 7.67. The molecule has 4 bridgehead atoms. The highest BCUT2D eigenvalue weighted by molar-refractivity contribution is 7.13. The van der Waals surface area contributed by atoms with Gasteiger partial charge in [0, 0.05) is 5.69 Å². The number of ether oxygens (including phenoxy) is 1. The third kappa shape index (κ3) is 4.36. The first-order chi connectivity index (χ1) is 14.8. The van der Waals surface area contributed by atoms with E-state index >= 15 is 0 Å². The van der Waals surface area contributed by atoms with Crippen molar-refractivity contribution in [1.29, 1.82) is 0 Å². The average Bonchev–Trinajstić information content (AvgIpc) is 3.15. The molecule has 4 fully saturated rings. The monoisotopic (exact) mass is 441 g/mol. The van der Waals surface area contributed by atoms with Gasteiger partial charge in [-0.15, -0.1) is 10.2 Å². The predicted molar refractivity (Wildman–Crippen MR) is 116 cm³/mol. The van der Waals surface area contributed by atoms with E-state index in [9.17, 15) is 14.7 Å². The van der Waals surface area contributed by atoms with Gasteiger partial charge in [0.05, 0.1) is 12.0 Å². The van der Waals surface area contributed by atoms with Gasteiger partial charge in [-0.3, -0.25) is 9.59 Å². The second-order valence-corrected chi connectivity index (χ2v) is 10.9. The van der Waals surface area contributed by atoms with E-state index in [0.29, 0.717) is 35.4 Å². The lowest BCUT2D eigenvalue weighted by Crippen LogP contribution is -2.56. The largest absolute Gasteiger partial charge is 0.458 e. The number of hydrogen-bond acceptors (Lipinski definition) is 7. The number of amides is 1. The molecule has 1 aromatic carbocycles. The van der Waals surface area contributed by atoms with Gasteiger partial charge in [-0.2, -0.15) is 0 Å². The van der Waals surface area contributed by atoms with Crippen molar-refractivity contribution in [1.82, 2.24) is 10.2 Å². The summed E-state index contributed by atoms with van der Waals surface area (Å²) in [6, 6.07) is 7.50. The fraction of sp³-hybridized carbons (Fsp3) is 0.565. The van der Waals surface area contributed by atoms with Crippen molar-refractivity contribution >= 4 is 28.9 Å². The van der Waals surface area contributed by atoms with Gasteiger partial charge in [0.25, 0.3) is 5.91 Å². The van der Waals surface area contributed by atoms with Gasteiger partial charge in [0.15, 0.2) is 5.01 Å². The lowest BCUT2D eigenvalue weighted by molar-refractivity contribution is -0.177. The molecule has 1 aromatic heterocycles. The number of hydrogen-bond donors (Lipinski definition) is 2. The molecule has 0 saturated heterocycles. The zero-order valence-corrected chi connectivity index (χ0v) is 18.4. The minimum Gasteiger partial charge on any atom is -0.458 e. The zero-order valence-electron chi connectivity index (χ0n) is 17.6. The summed E-state index contributed by atoms with van der Waals surface area (Å²) < 4.78 is 5.48. The maximum atomic E-state index is 12.6. The fourth-order valence-corrected chi connectivity index (χ4v) is 6.98. The average molecular weight is 442 g/mol. The number of rotatable bonds is 6. The van der Waals surface area contributed by atoms with Gasteiger partial charge < -0.3 is 15.2 Å². The number of carbonyl (C=O) groups is 2. The molecule has 0 aliphatic heterocycles. The van der Waals surface area contributed by atoms with Crippen LogP contribution in [-0.4, -0.2) is 32.8 Å². The summed E-state index contributed by atoms with van der Waals surface area (Å²) in [7, 11) is 0. The highest BCUT2D eigenvalue weighted by Crippen LogP contribution is 2.62. The number of benzene rings is 1. The molecule has 1 heterocycles. The van der Waals surface area contributed by atoms with Gasteiger partial charge in [0.2, 0.25) is 5.01 Å². The maximum absolute atomic E-state index is 12.6. The molecule has 4 aliphatic rings. The molecule has 4 saturated carbocycles. The fourth-order valence-electron chi connectivity index (χ4n) is 6.33. The van der Waals surface area contributed by atoms with Crippen LogP contribution in [0, 0.1) is 24.2 Å². The van der Waals surface area contributed by atoms with E-state index < -0.39 is 5.60 Å². The Labute approximate surface area is 185 Å². The van der Waals surface area contributed by atoms with Crippen molar-refractivity contribution in [3.05, 3.63) is 39.8 Å². The highest BCUT2D eigenvalue weighted by Gasteiger charge is 2.57. The molecular formula is C23H27N3O4S. The van der Waals surface area contributed by atoms with Crippen molar-refractivity contribution < 1.29 is 19.4 Å². The van der Waals surface area contributed by atoms with Gasteiger partial charge in [-0.05, 0) is 74.8 Å². The second-order valence-electron chi connectivity index (χ2n) is 9.84. The number of nitrogens with one attached hydrogen (secondary N) is 1. The molecule has 2 atom stereocenters. The van der Waals surface area contributed by atoms with Gasteiger partial charge in [0.1, 0.15) is 6.61 Å². The predicted octanol–water partition coefficient (Wildman–Crippen LogP) is 3.86. The number of anilines is 1. The van der Waals surface area contributed by atoms with Crippen molar-refractivity contribution in [3.8, 4) is 0 Å². The first-order valence-corrected chi connectivity index (χ1v) is 11.7. The Kier molecular flexibility index (Phi) is 5.09. The summed E-state index contributed by atoms with van der Waals surface area (Å²) in [6.07, 6.45) is 6.06. The van der Waals surface area contributed by atoms with Crippen LogP contribution >= 0.6 is 11.3 Å². The van der Waals surface area contributed by atoms with Crippen molar-refractivity contribution in [2.45, 2.75) is 64.1 Å². The van der Waals surface area contributed by atoms with Crippen LogP contribution in [0.15, 0.2) is 24.3 Å².